The van der Waals surface area contributed by atoms with E-state index in [1.165, 1.54) is 89.9 Å². The Morgan fingerprint density at radius 1 is 0.655 bits per heavy atom. The van der Waals surface area contributed by atoms with Gasteiger partial charge in [0.15, 0.2) is 0 Å². The number of rotatable bonds is 20. The maximum absolute atomic E-state index is 10.4. The molecule has 2 N–H and O–H groups in total. The third-order valence-corrected chi connectivity index (χ3v) is 4.88. The Balaban J connectivity index is -0.00000123. The Hall–Kier alpha value is 1.07. The summed E-state index contributed by atoms with van der Waals surface area (Å²) in [6.07, 6.45) is 23.0. The van der Waals surface area contributed by atoms with Gasteiger partial charge in [-0.2, -0.15) is 6.42 Å². The Labute approximate surface area is 203 Å². The predicted octanol–water partition coefficient (Wildman–Crippen LogP) is 4.91. The van der Waals surface area contributed by atoms with Crippen LogP contribution in [0.4, 0.5) is 0 Å². The van der Waals surface area contributed by atoms with Gasteiger partial charge in [0.2, 0.25) is 0 Å². The average Bonchev–Trinajstić information content (AvgIpc) is 2.66. The van der Waals surface area contributed by atoms with Crippen LogP contribution < -0.4 is 29.6 Å². The van der Waals surface area contributed by atoms with Gasteiger partial charge in [-0.25, -0.2) is 9.45 Å². The van der Waals surface area contributed by atoms with Crippen molar-refractivity contribution in [1.82, 2.24) is 0 Å². The molecule has 0 aliphatic rings. The minimum atomic E-state index is -4.48. The molecule has 0 rings (SSSR count). The fourth-order valence-electron chi connectivity index (χ4n) is 2.82. The molecule has 5 nitrogen and oxygen atoms in total. The third-order valence-electron chi connectivity index (χ3n) is 4.58. The van der Waals surface area contributed by atoms with E-state index < -0.39 is 7.82 Å². The quantitative estimate of drug-likeness (QED) is 0.0694. The monoisotopic (exact) mass is 446 g/mol. The van der Waals surface area contributed by atoms with Crippen molar-refractivity contribution in [1.29, 1.82) is 0 Å². The maximum Gasteiger partial charge on any atom is 1.00 e. The molecule has 0 fully saturated rings. The SMILES string of the molecule is CCCCCCCCCCCCCCCCCCOOP(=O)(O)O.[CH2-]CCC.[Na+]. The number of hydrogen-bond donors (Lipinski definition) is 2. The molecule has 7 heteroatoms. The molecule has 0 spiro atoms. The second-order valence-corrected chi connectivity index (χ2v) is 8.67. The minimum absolute atomic E-state index is 0. The van der Waals surface area contributed by atoms with Gasteiger partial charge >= 0.3 is 37.4 Å². The molecule has 0 heterocycles. The first-order valence-corrected chi connectivity index (χ1v) is 13.2. The van der Waals surface area contributed by atoms with Crippen molar-refractivity contribution in [2.24, 2.45) is 0 Å². The topological polar surface area (TPSA) is 76.0 Å². The van der Waals surface area contributed by atoms with Crippen LogP contribution >= 0.6 is 7.82 Å². The van der Waals surface area contributed by atoms with Crippen molar-refractivity contribution in [2.45, 2.75) is 129 Å². The summed E-state index contributed by atoms with van der Waals surface area (Å²) >= 11 is 0. The largest absolute Gasteiger partial charge is 1.00 e. The molecule has 0 aromatic rings. The molecule has 0 saturated heterocycles. The zero-order chi connectivity index (χ0) is 21.3. The van der Waals surface area contributed by atoms with E-state index >= 15 is 0 Å². The number of unbranched alkanes of at least 4 members (excludes halogenated alkanes) is 16. The Bertz CT molecular complexity index is 324. The molecule has 0 aromatic carbocycles. The van der Waals surface area contributed by atoms with Gasteiger partial charge < -0.3 is 16.7 Å². The van der Waals surface area contributed by atoms with E-state index in [9.17, 15) is 4.57 Å². The summed E-state index contributed by atoms with van der Waals surface area (Å²) < 4.78 is 14.3. The second kappa shape index (κ2) is 29.1. The molecular weight excluding hydrogens is 398 g/mol. The fourth-order valence-corrected chi connectivity index (χ4v) is 3.03. The van der Waals surface area contributed by atoms with Crippen molar-refractivity contribution in [2.75, 3.05) is 6.61 Å². The smallest absolute Gasteiger partial charge is 0.343 e. The first-order valence-electron chi connectivity index (χ1n) is 11.6. The first-order chi connectivity index (χ1) is 13.5. The molecule has 0 aliphatic carbocycles. The maximum atomic E-state index is 10.4. The summed E-state index contributed by atoms with van der Waals surface area (Å²) in [5.41, 5.74) is 0. The molecule has 172 valence electrons. The zero-order valence-electron chi connectivity index (χ0n) is 19.7. The van der Waals surface area contributed by atoms with Crippen LogP contribution in [0, 0.1) is 6.92 Å². The molecule has 0 aromatic heterocycles. The van der Waals surface area contributed by atoms with Crippen LogP contribution in [0.3, 0.4) is 0 Å². The van der Waals surface area contributed by atoms with Gasteiger partial charge in [0.1, 0.15) is 0 Å². The van der Waals surface area contributed by atoms with Crippen molar-refractivity contribution in [3.05, 3.63) is 6.92 Å². The molecule has 0 atom stereocenters. The van der Waals surface area contributed by atoms with Crippen LogP contribution in [0.25, 0.3) is 0 Å². The summed E-state index contributed by atoms with van der Waals surface area (Å²) in [6.45, 7) is 8.23. The fraction of sp³-hybridized carbons (Fsp3) is 0.955. The Kier molecular flexibility index (Phi) is 34.8. The molecule has 29 heavy (non-hydrogen) atoms. The molecule has 0 bridgehead atoms. The van der Waals surface area contributed by atoms with E-state index in [2.05, 4.69) is 30.3 Å². The van der Waals surface area contributed by atoms with Crippen LogP contribution in [0.1, 0.15) is 129 Å². The van der Waals surface area contributed by atoms with E-state index in [-0.39, 0.29) is 36.2 Å². The van der Waals surface area contributed by atoms with Crippen LogP contribution in [-0.4, -0.2) is 16.4 Å². The predicted molar refractivity (Wildman–Crippen MR) is 119 cm³/mol. The van der Waals surface area contributed by atoms with Crippen molar-refractivity contribution >= 4 is 7.82 Å². The third kappa shape index (κ3) is 40.0. The van der Waals surface area contributed by atoms with Gasteiger partial charge in [-0.1, -0.05) is 117 Å². The van der Waals surface area contributed by atoms with Crippen molar-refractivity contribution in [3.63, 3.8) is 0 Å². The second-order valence-electron chi connectivity index (χ2n) is 7.54. The standard InChI is InChI=1S/C18H39O5P.C4H9.Na/c1-2-3-4-5-6-7-8-9-10-11-12-13-14-15-16-17-18-22-23-24(19,20)21;1-3-4-2;/h2-18H2,1H3,(H2,19,20,21);1,3-4H2,2H3;/q;-1;+1. The molecule has 0 unspecified atom stereocenters. The van der Waals surface area contributed by atoms with Crippen LogP contribution in [-0.2, 0) is 14.1 Å². The Morgan fingerprint density at radius 3 is 1.24 bits per heavy atom. The molecule has 0 amide bonds. The Morgan fingerprint density at radius 2 is 0.966 bits per heavy atom. The average molecular weight is 447 g/mol. The van der Waals surface area contributed by atoms with E-state index in [0.717, 1.165) is 25.7 Å². The van der Waals surface area contributed by atoms with Crippen LogP contribution in [0.15, 0.2) is 0 Å². The molecule has 0 radical (unpaired) electrons. The van der Waals surface area contributed by atoms with E-state index in [4.69, 9.17) is 9.79 Å². The molecule has 0 saturated carbocycles. The van der Waals surface area contributed by atoms with Gasteiger partial charge in [-0.3, -0.25) is 0 Å². The first kappa shape index (κ1) is 34.7. The van der Waals surface area contributed by atoms with E-state index in [1.807, 2.05) is 0 Å². The van der Waals surface area contributed by atoms with Crippen molar-refractivity contribution < 1.29 is 53.5 Å². The molecular formula is C22H48NaO5P. The van der Waals surface area contributed by atoms with Gasteiger partial charge in [0.25, 0.3) is 0 Å². The van der Waals surface area contributed by atoms with Gasteiger partial charge in [-0.05, 0) is 6.42 Å². The summed E-state index contributed by atoms with van der Waals surface area (Å²) in [6, 6.07) is 0. The van der Waals surface area contributed by atoms with Gasteiger partial charge in [0, 0.05) is 0 Å². The summed E-state index contributed by atoms with van der Waals surface area (Å²) in [4.78, 5) is 21.3. The summed E-state index contributed by atoms with van der Waals surface area (Å²) in [5, 5.41) is 0. The van der Waals surface area contributed by atoms with Crippen LogP contribution in [0.2, 0.25) is 0 Å². The van der Waals surface area contributed by atoms with Crippen LogP contribution in [0.5, 0.6) is 0 Å². The summed E-state index contributed by atoms with van der Waals surface area (Å²) in [5.74, 6) is 0. The molecule has 0 aliphatic heterocycles. The summed E-state index contributed by atoms with van der Waals surface area (Å²) in [7, 11) is -4.48. The van der Waals surface area contributed by atoms with E-state index in [1.54, 1.807) is 0 Å². The normalized spacial score (nSPS) is 10.9. The zero-order valence-corrected chi connectivity index (χ0v) is 22.6. The van der Waals surface area contributed by atoms with Crippen molar-refractivity contribution in [3.8, 4) is 0 Å². The number of phosphoric acid groups is 1. The van der Waals surface area contributed by atoms with Gasteiger partial charge in [0.05, 0.1) is 6.61 Å². The van der Waals surface area contributed by atoms with E-state index in [0.29, 0.717) is 0 Å². The number of hydrogen-bond acceptors (Lipinski definition) is 3. The van der Waals surface area contributed by atoms with Gasteiger partial charge in [-0.15, -0.1) is 4.67 Å². The minimum Gasteiger partial charge on any atom is -0.343 e.